The van der Waals surface area contributed by atoms with Crippen LogP contribution in [0.3, 0.4) is 0 Å². The molecule has 0 bridgehead atoms. The summed E-state index contributed by atoms with van der Waals surface area (Å²) in [7, 11) is 1.48. The summed E-state index contributed by atoms with van der Waals surface area (Å²) in [6.07, 6.45) is -1.86. The molecule has 1 aromatic carbocycles. The van der Waals surface area contributed by atoms with Crippen molar-refractivity contribution in [3.63, 3.8) is 0 Å². The summed E-state index contributed by atoms with van der Waals surface area (Å²) < 4.78 is 59.3. The predicted octanol–water partition coefficient (Wildman–Crippen LogP) is 3.00. The van der Waals surface area contributed by atoms with E-state index < -0.39 is 40.7 Å². The molecule has 3 heterocycles. The lowest BCUT2D eigenvalue weighted by atomic mass is 9.90. The largest absolute Gasteiger partial charge is 0.419 e. The van der Waals surface area contributed by atoms with Crippen molar-refractivity contribution in [2.75, 3.05) is 18.5 Å². The van der Waals surface area contributed by atoms with Gasteiger partial charge in [0.15, 0.2) is 0 Å². The molecule has 3 N–H and O–H groups in total. The number of aromatic amines is 1. The van der Waals surface area contributed by atoms with Crippen molar-refractivity contribution in [3.8, 4) is 0 Å². The van der Waals surface area contributed by atoms with Crippen LogP contribution in [-0.2, 0) is 28.3 Å². The summed E-state index contributed by atoms with van der Waals surface area (Å²) in [5.74, 6) is -4.12. The monoisotopic (exact) mass is 507 g/mol. The van der Waals surface area contributed by atoms with E-state index in [1.54, 1.807) is 6.20 Å². The van der Waals surface area contributed by atoms with E-state index >= 15 is 0 Å². The predicted molar refractivity (Wildman–Crippen MR) is 118 cm³/mol. The van der Waals surface area contributed by atoms with Crippen molar-refractivity contribution < 1.29 is 36.7 Å². The van der Waals surface area contributed by atoms with E-state index in [4.69, 9.17) is 4.74 Å². The molecule has 2 amide bonds. The minimum atomic E-state index is -4.95. The Hall–Kier alpha value is -4.00. The average molecular weight is 507 g/mol. The molecule has 4 rings (SSSR count). The molecule has 2 aromatic heterocycles. The van der Waals surface area contributed by atoms with Gasteiger partial charge in [-0.1, -0.05) is 0 Å². The van der Waals surface area contributed by atoms with Crippen molar-refractivity contribution in [1.82, 2.24) is 20.1 Å². The highest BCUT2D eigenvalue weighted by Crippen LogP contribution is 2.33. The maximum absolute atomic E-state index is 13.6. The molecule has 190 valence electrons. The number of ketones is 1. The number of carbonyl (C=O) groups is 3. The van der Waals surface area contributed by atoms with E-state index in [2.05, 4.69) is 20.8 Å². The first-order chi connectivity index (χ1) is 16.9. The van der Waals surface area contributed by atoms with Gasteiger partial charge in [0.25, 0.3) is 17.6 Å². The first-order valence-electron chi connectivity index (χ1n) is 10.6. The van der Waals surface area contributed by atoms with Crippen molar-refractivity contribution >= 4 is 23.3 Å². The van der Waals surface area contributed by atoms with Crippen LogP contribution < -0.4 is 10.6 Å². The van der Waals surface area contributed by atoms with Crippen LogP contribution in [0.25, 0.3) is 0 Å². The second-order valence-corrected chi connectivity index (χ2v) is 8.48. The van der Waals surface area contributed by atoms with Gasteiger partial charge < -0.3 is 19.9 Å². The van der Waals surface area contributed by atoms with Crippen LogP contribution in [0.2, 0.25) is 0 Å². The van der Waals surface area contributed by atoms with Gasteiger partial charge in [-0.05, 0) is 37.6 Å². The third kappa shape index (κ3) is 4.26. The van der Waals surface area contributed by atoms with Crippen molar-refractivity contribution in [2.45, 2.75) is 25.6 Å². The molecule has 1 aliphatic heterocycles. The van der Waals surface area contributed by atoms with Crippen molar-refractivity contribution in [2.24, 2.45) is 7.05 Å². The van der Waals surface area contributed by atoms with Gasteiger partial charge in [0.1, 0.15) is 17.1 Å². The SMILES string of the molecule is Cc1c(C(=O)C(=O)NC2(c3cn[nH]c3)COC2)c(C)n(C)c1C(=O)Nc1ccc(F)c(C(F)(F)F)c1. The van der Waals surface area contributed by atoms with Gasteiger partial charge in [-0.25, -0.2) is 4.39 Å². The van der Waals surface area contributed by atoms with Crippen LogP contribution >= 0.6 is 0 Å². The third-order valence-corrected chi connectivity index (χ3v) is 6.21. The van der Waals surface area contributed by atoms with E-state index in [0.717, 1.165) is 6.07 Å². The Bertz CT molecular complexity index is 1360. The minimum Gasteiger partial charge on any atom is -0.376 e. The molecule has 3 aromatic rings. The number of rotatable bonds is 6. The minimum absolute atomic E-state index is 0.0159. The number of amides is 2. The second-order valence-electron chi connectivity index (χ2n) is 8.48. The molecule has 0 aliphatic carbocycles. The van der Waals surface area contributed by atoms with E-state index in [1.165, 1.54) is 31.7 Å². The van der Waals surface area contributed by atoms with Gasteiger partial charge in [0, 0.05) is 30.2 Å². The molecule has 1 aliphatic rings. The molecule has 0 atom stereocenters. The summed E-state index contributed by atoms with van der Waals surface area (Å²) in [5.41, 5.74) is -1.70. The summed E-state index contributed by atoms with van der Waals surface area (Å²) in [5, 5.41) is 11.5. The maximum Gasteiger partial charge on any atom is 0.419 e. The number of benzene rings is 1. The van der Waals surface area contributed by atoms with Crippen molar-refractivity contribution in [3.05, 3.63) is 70.1 Å². The van der Waals surface area contributed by atoms with Crippen LogP contribution in [-0.4, -0.2) is 45.6 Å². The Balaban J connectivity index is 1.59. The summed E-state index contributed by atoms with van der Waals surface area (Å²) >= 11 is 0. The molecule has 0 saturated carbocycles. The van der Waals surface area contributed by atoms with Gasteiger partial charge in [-0.15, -0.1) is 0 Å². The van der Waals surface area contributed by atoms with Gasteiger partial charge in [0.05, 0.1) is 30.5 Å². The Morgan fingerprint density at radius 2 is 1.89 bits per heavy atom. The Kier molecular flexibility index (Phi) is 6.20. The fourth-order valence-electron chi connectivity index (χ4n) is 4.16. The first kappa shape index (κ1) is 25.1. The quantitative estimate of drug-likeness (QED) is 0.269. The van der Waals surface area contributed by atoms with Crippen molar-refractivity contribution in [1.29, 1.82) is 0 Å². The third-order valence-electron chi connectivity index (χ3n) is 6.21. The number of H-pyrrole nitrogens is 1. The molecule has 1 saturated heterocycles. The number of halogens is 4. The number of hydrogen-bond donors (Lipinski definition) is 3. The molecule has 0 spiro atoms. The number of nitrogens with one attached hydrogen (secondary N) is 3. The van der Waals surface area contributed by atoms with Crippen LogP contribution in [0, 0.1) is 19.7 Å². The fourth-order valence-corrected chi connectivity index (χ4v) is 4.16. The summed E-state index contributed by atoms with van der Waals surface area (Å²) in [6.45, 7) is 3.27. The highest BCUT2D eigenvalue weighted by atomic mass is 19.4. The molecule has 13 heteroatoms. The topological polar surface area (TPSA) is 118 Å². The Morgan fingerprint density at radius 3 is 2.44 bits per heavy atom. The number of nitrogens with zero attached hydrogens (tertiary/aromatic N) is 2. The zero-order valence-electron chi connectivity index (χ0n) is 19.3. The van der Waals surface area contributed by atoms with E-state index in [0.29, 0.717) is 23.4 Å². The second kappa shape index (κ2) is 8.90. The molecule has 36 heavy (non-hydrogen) atoms. The zero-order valence-corrected chi connectivity index (χ0v) is 19.3. The summed E-state index contributed by atoms with van der Waals surface area (Å²) in [6, 6.07) is 2.07. The molecule has 0 radical (unpaired) electrons. The molecule has 9 nitrogen and oxygen atoms in total. The van der Waals surface area contributed by atoms with Crippen LogP contribution in [0.5, 0.6) is 0 Å². The number of anilines is 1. The molecule has 0 unspecified atom stereocenters. The first-order valence-corrected chi connectivity index (χ1v) is 10.6. The van der Waals surface area contributed by atoms with Gasteiger partial charge in [0.2, 0.25) is 0 Å². The number of hydrogen-bond acceptors (Lipinski definition) is 5. The smallest absolute Gasteiger partial charge is 0.376 e. The lowest BCUT2D eigenvalue weighted by Gasteiger charge is -2.41. The average Bonchev–Trinajstić information content (AvgIpc) is 3.38. The van der Waals surface area contributed by atoms with Gasteiger partial charge in [-0.2, -0.15) is 18.3 Å². The van der Waals surface area contributed by atoms with E-state index in [9.17, 15) is 31.9 Å². The number of ether oxygens (including phenoxy) is 1. The highest BCUT2D eigenvalue weighted by Gasteiger charge is 2.44. The van der Waals surface area contributed by atoms with E-state index in [1.807, 2.05) is 0 Å². The normalized spacial score (nSPS) is 14.8. The maximum atomic E-state index is 13.6. The molecular weight excluding hydrogens is 486 g/mol. The van der Waals surface area contributed by atoms with Crippen LogP contribution in [0.4, 0.5) is 23.2 Å². The van der Waals surface area contributed by atoms with Gasteiger partial charge in [-0.3, -0.25) is 19.5 Å². The van der Waals surface area contributed by atoms with Crippen LogP contribution in [0.1, 0.15) is 43.2 Å². The number of aromatic nitrogens is 3. The number of carbonyl (C=O) groups excluding carboxylic acids is 3. The van der Waals surface area contributed by atoms with E-state index in [-0.39, 0.29) is 35.7 Å². The lowest BCUT2D eigenvalue weighted by Crippen LogP contribution is -2.60. The lowest BCUT2D eigenvalue weighted by molar-refractivity contribution is -0.140. The highest BCUT2D eigenvalue weighted by molar-refractivity contribution is 6.43. The molecular formula is C23H21F4N5O4. The zero-order chi connectivity index (χ0) is 26.4. The Morgan fingerprint density at radius 1 is 1.19 bits per heavy atom. The number of Topliss-reactive ketones (excluding diaryl/α,β-unsaturated/α-hetero) is 1. The standard InChI is InChI=1S/C23H21F4N5O4/c1-11-17(19(33)21(35)31-22(9-36-10-22)13-7-28-29-8-13)12(2)32(3)18(11)20(34)30-14-4-5-16(24)15(6-14)23(25,26)27/h4-8H,9-10H2,1-3H3,(H,28,29)(H,30,34)(H,31,35). The number of alkyl halides is 3. The van der Waals surface area contributed by atoms with Gasteiger partial charge >= 0.3 is 6.18 Å². The van der Waals surface area contributed by atoms with Crippen LogP contribution in [0.15, 0.2) is 30.6 Å². The summed E-state index contributed by atoms with van der Waals surface area (Å²) in [4.78, 5) is 39.0. The molecule has 1 fully saturated rings. The Labute approximate surface area is 201 Å². The fraction of sp³-hybridized carbons (Fsp3) is 0.304.